The van der Waals surface area contributed by atoms with Crippen LogP contribution in [-0.4, -0.2) is 11.1 Å². The minimum atomic E-state index is -1.02. The Hall–Kier alpha value is -2.00. The molecule has 2 aromatic rings. The van der Waals surface area contributed by atoms with Crippen LogP contribution in [0.3, 0.4) is 0 Å². The van der Waals surface area contributed by atoms with E-state index in [1.165, 1.54) is 16.7 Å². The summed E-state index contributed by atoms with van der Waals surface area (Å²) in [4.78, 5) is 11.0. The Balaban J connectivity index is 2.17. The molecule has 0 radical (unpaired) electrons. The van der Waals surface area contributed by atoms with Gasteiger partial charge in [-0.25, -0.2) is 4.79 Å². The highest BCUT2D eigenvalue weighted by Gasteiger charge is 2.09. The second-order valence-corrected chi connectivity index (χ2v) is 5.12. The van der Waals surface area contributed by atoms with Crippen LogP contribution in [0.5, 0.6) is 0 Å². The standard InChI is InChI=1S/C16H16ClNO2/c1-10-4-3-5-12(11(10)2)9-18-13-6-7-15(17)14(8-13)16(19)20/h3-8,18H,9H2,1-2H3,(H,19,20). The number of halogens is 1. The molecule has 0 fully saturated rings. The molecule has 0 spiro atoms. The van der Waals surface area contributed by atoms with Crippen LogP contribution in [0.4, 0.5) is 5.69 Å². The second kappa shape index (κ2) is 5.97. The van der Waals surface area contributed by atoms with Crippen LogP contribution >= 0.6 is 11.6 Å². The summed E-state index contributed by atoms with van der Waals surface area (Å²) in [5.41, 5.74) is 4.53. The molecule has 2 N–H and O–H groups in total. The summed E-state index contributed by atoms with van der Waals surface area (Å²) in [7, 11) is 0. The summed E-state index contributed by atoms with van der Waals surface area (Å²) in [6.07, 6.45) is 0. The maximum atomic E-state index is 11.0. The molecule has 0 aliphatic carbocycles. The lowest BCUT2D eigenvalue weighted by Crippen LogP contribution is -2.04. The molecule has 104 valence electrons. The molecule has 0 aliphatic heterocycles. The van der Waals surface area contributed by atoms with E-state index in [0.717, 1.165) is 5.69 Å². The smallest absolute Gasteiger partial charge is 0.337 e. The Morgan fingerprint density at radius 2 is 2.00 bits per heavy atom. The van der Waals surface area contributed by atoms with Crippen LogP contribution < -0.4 is 5.32 Å². The third kappa shape index (κ3) is 3.11. The molecule has 0 atom stereocenters. The van der Waals surface area contributed by atoms with Gasteiger partial charge in [0.1, 0.15) is 0 Å². The van der Waals surface area contributed by atoms with Gasteiger partial charge in [-0.2, -0.15) is 0 Å². The number of aromatic carboxylic acids is 1. The van der Waals surface area contributed by atoms with Crippen molar-refractivity contribution in [2.75, 3.05) is 5.32 Å². The van der Waals surface area contributed by atoms with Crippen molar-refractivity contribution >= 4 is 23.3 Å². The van der Waals surface area contributed by atoms with Gasteiger partial charge < -0.3 is 10.4 Å². The van der Waals surface area contributed by atoms with E-state index in [4.69, 9.17) is 16.7 Å². The summed E-state index contributed by atoms with van der Waals surface area (Å²) in [5.74, 6) is -1.02. The lowest BCUT2D eigenvalue weighted by Gasteiger charge is -2.11. The predicted octanol–water partition coefficient (Wildman–Crippen LogP) is 4.27. The van der Waals surface area contributed by atoms with Crippen molar-refractivity contribution in [3.63, 3.8) is 0 Å². The van der Waals surface area contributed by atoms with Gasteiger partial charge in [0, 0.05) is 12.2 Å². The van der Waals surface area contributed by atoms with E-state index in [9.17, 15) is 4.79 Å². The quantitative estimate of drug-likeness (QED) is 0.884. The van der Waals surface area contributed by atoms with Crippen molar-refractivity contribution in [2.24, 2.45) is 0 Å². The van der Waals surface area contributed by atoms with E-state index in [-0.39, 0.29) is 10.6 Å². The topological polar surface area (TPSA) is 49.3 Å². The van der Waals surface area contributed by atoms with E-state index in [1.807, 2.05) is 6.07 Å². The fourth-order valence-electron chi connectivity index (χ4n) is 2.00. The summed E-state index contributed by atoms with van der Waals surface area (Å²) in [5, 5.41) is 12.5. The Morgan fingerprint density at radius 3 is 2.70 bits per heavy atom. The fourth-order valence-corrected chi connectivity index (χ4v) is 2.20. The number of anilines is 1. The predicted molar refractivity (Wildman–Crippen MR) is 81.7 cm³/mol. The normalized spacial score (nSPS) is 10.3. The summed E-state index contributed by atoms with van der Waals surface area (Å²) < 4.78 is 0. The highest BCUT2D eigenvalue weighted by molar-refractivity contribution is 6.33. The van der Waals surface area contributed by atoms with Crippen molar-refractivity contribution in [1.29, 1.82) is 0 Å². The molecule has 0 saturated carbocycles. The zero-order valence-corrected chi connectivity index (χ0v) is 12.2. The average Bonchev–Trinajstić information content (AvgIpc) is 2.41. The van der Waals surface area contributed by atoms with Crippen LogP contribution in [0.2, 0.25) is 5.02 Å². The van der Waals surface area contributed by atoms with Gasteiger partial charge in [0.2, 0.25) is 0 Å². The number of nitrogens with one attached hydrogen (secondary N) is 1. The van der Waals surface area contributed by atoms with Gasteiger partial charge in [0.25, 0.3) is 0 Å². The second-order valence-electron chi connectivity index (χ2n) is 4.71. The van der Waals surface area contributed by atoms with Gasteiger partial charge in [0.05, 0.1) is 10.6 Å². The van der Waals surface area contributed by atoms with Crippen LogP contribution in [0, 0.1) is 13.8 Å². The molecule has 0 aliphatic rings. The van der Waals surface area contributed by atoms with Gasteiger partial charge in [0.15, 0.2) is 0 Å². The first-order valence-electron chi connectivity index (χ1n) is 6.31. The molecule has 20 heavy (non-hydrogen) atoms. The number of carbonyl (C=O) groups is 1. The monoisotopic (exact) mass is 289 g/mol. The Labute approximate surface area is 123 Å². The molecule has 2 aromatic carbocycles. The van der Waals surface area contributed by atoms with Gasteiger partial charge in [-0.15, -0.1) is 0 Å². The van der Waals surface area contributed by atoms with Crippen molar-refractivity contribution in [2.45, 2.75) is 20.4 Å². The average molecular weight is 290 g/mol. The Bertz CT molecular complexity index is 653. The lowest BCUT2D eigenvalue weighted by atomic mass is 10.0. The van der Waals surface area contributed by atoms with Crippen molar-refractivity contribution in [3.8, 4) is 0 Å². The maximum Gasteiger partial charge on any atom is 0.337 e. The van der Waals surface area contributed by atoms with Gasteiger partial charge in [-0.05, 0) is 48.7 Å². The number of rotatable bonds is 4. The summed E-state index contributed by atoms with van der Waals surface area (Å²) >= 11 is 5.85. The lowest BCUT2D eigenvalue weighted by molar-refractivity contribution is 0.0697. The van der Waals surface area contributed by atoms with E-state index < -0.39 is 5.97 Å². The maximum absolute atomic E-state index is 11.0. The first-order valence-corrected chi connectivity index (χ1v) is 6.68. The van der Waals surface area contributed by atoms with Gasteiger partial charge >= 0.3 is 5.97 Å². The molecule has 2 rings (SSSR count). The number of carboxylic acids is 1. The van der Waals surface area contributed by atoms with E-state index in [1.54, 1.807) is 18.2 Å². The Kier molecular flexibility index (Phi) is 4.30. The zero-order chi connectivity index (χ0) is 14.7. The van der Waals surface area contributed by atoms with Crippen LogP contribution in [0.15, 0.2) is 36.4 Å². The molecule has 0 aromatic heterocycles. The molecule has 0 unspecified atom stereocenters. The highest BCUT2D eigenvalue weighted by Crippen LogP contribution is 2.21. The first kappa shape index (κ1) is 14.4. The molecule has 4 heteroatoms. The molecule has 0 saturated heterocycles. The van der Waals surface area contributed by atoms with Crippen LogP contribution in [0.1, 0.15) is 27.0 Å². The van der Waals surface area contributed by atoms with Crippen molar-refractivity contribution in [1.82, 2.24) is 0 Å². The number of aryl methyl sites for hydroxylation is 1. The summed E-state index contributed by atoms with van der Waals surface area (Å²) in [6.45, 7) is 4.80. The molecule has 0 heterocycles. The van der Waals surface area contributed by atoms with Crippen molar-refractivity contribution in [3.05, 3.63) is 63.7 Å². The third-order valence-electron chi connectivity index (χ3n) is 3.40. The number of carboxylic acid groups (broad SMARTS) is 1. The molecule has 3 nitrogen and oxygen atoms in total. The molecular formula is C16H16ClNO2. The number of hydrogen-bond acceptors (Lipinski definition) is 2. The van der Waals surface area contributed by atoms with Crippen LogP contribution in [-0.2, 0) is 6.54 Å². The Morgan fingerprint density at radius 1 is 1.25 bits per heavy atom. The van der Waals surface area contributed by atoms with Gasteiger partial charge in [-0.1, -0.05) is 29.8 Å². The minimum Gasteiger partial charge on any atom is -0.478 e. The van der Waals surface area contributed by atoms with E-state index in [0.29, 0.717) is 6.54 Å². The number of hydrogen-bond donors (Lipinski definition) is 2. The zero-order valence-electron chi connectivity index (χ0n) is 11.4. The van der Waals surface area contributed by atoms with Crippen LogP contribution in [0.25, 0.3) is 0 Å². The highest BCUT2D eigenvalue weighted by atomic mass is 35.5. The largest absolute Gasteiger partial charge is 0.478 e. The van der Waals surface area contributed by atoms with Gasteiger partial charge in [-0.3, -0.25) is 0 Å². The van der Waals surface area contributed by atoms with E-state index >= 15 is 0 Å². The summed E-state index contributed by atoms with van der Waals surface area (Å²) in [6, 6.07) is 11.1. The SMILES string of the molecule is Cc1cccc(CNc2ccc(Cl)c(C(=O)O)c2)c1C. The molecule has 0 amide bonds. The van der Waals surface area contributed by atoms with E-state index in [2.05, 4.69) is 31.3 Å². The first-order chi connectivity index (χ1) is 9.49. The molecular weight excluding hydrogens is 274 g/mol. The third-order valence-corrected chi connectivity index (χ3v) is 3.73. The van der Waals surface area contributed by atoms with Crippen molar-refractivity contribution < 1.29 is 9.90 Å². The minimum absolute atomic E-state index is 0.109. The molecule has 0 bridgehead atoms. The number of benzene rings is 2. The fraction of sp³-hybridized carbons (Fsp3) is 0.188.